The van der Waals surface area contributed by atoms with Crippen molar-refractivity contribution in [1.29, 1.82) is 0 Å². The Morgan fingerprint density at radius 1 is 1.23 bits per heavy atom. The average Bonchev–Trinajstić information content (AvgIpc) is 2.04. The van der Waals surface area contributed by atoms with Crippen LogP contribution in [0.1, 0.15) is 26.3 Å². The molecule has 2 heteroatoms. The lowest BCUT2D eigenvalue weighted by Crippen LogP contribution is -2.27. The molecule has 0 unspecified atom stereocenters. The molecule has 72 valence electrons. The Balaban J connectivity index is 3.01. The van der Waals surface area contributed by atoms with Gasteiger partial charge in [-0.2, -0.15) is 0 Å². The number of hydrogen-bond donors (Lipinski definition) is 1. The van der Waals surface area contributed by atoms with Gasteiger partial charge in [-0.25, -0.2) is 0 Å². The summed E-state index contributed by atoms with van der Waals surface area (Å²) in [6, 6.07) is 7.80. The Labute approximate surface area is 87.9 Å². The molecule has 0 saturated heterocycles. The Morgan fingerprint density at radius 2 is 1.69 bits per heavy atom. The van der Waals surface area contributed by atoms with Crippen LogP contribution in [0.3, 0.4) is 0 Å². The van der Waals surface area contributed by atoms with E-state index in [2.05, 4.69) is 15.9 Å². The molecule has 1 nitrogen and oxygen atoms in total. The lowest BCUT2D eigenvalue weighted by molar-refractivity contribution is 0.00904. The van der Waals surface area contributed by atoms with Gasteiger partial charge in [0.25, 0.3) is 0 Å². The monoisotopic (exact) mass is 242 g/mol. The van der Waals surface area contributed by atoms with Crippen LogP contribution in [-0.2, 0) is 5.60 Å². The van der Waals surface area contributed by atoms with Gasteiger partial charge in [-0.15, -0.1) is 0 Å². The summed E-state index contributed by atoms with van der Waals surface area (Å²) in [4.78, 5) is 0. The molecule has 1 N–H and O–H groups in total. The van der Waals surface area contributed by atoms with E-state index in [0.29, 0.717) is 0 Å². The van der Waals surface area contributed by atoms with Crippen molar-refractivity contribution in [3.8, 4) is 0 Å². The maximum absolute atomic E-state index is 10.1. The molecule has 1 aromatic rings. The van der Waals surface area contributed by atoms with E-state index in [1.807, 2.05) is 45.0 Å². The van der Waals surface area contributed by atoms with Crippen LogP contribution in [0.2, 0.25) is 0 Å². The van der Waals surface area contributed by atoms with Gasteiger partial charge >= 0.3 is 0 Å². The third kappa shape index (κ3) is 2.32. The van der Waals surface area contributed by atoms with Gasteiger partial charge in [-0.3, -0.25) is 0 Å². The van der Waals surface area contributed by atoms with Gasteiger partial charge in [0.15, 0.2) is 0 Å². The minimum Gasteiger partial charge on any atom is -0.385 e. The van der Waals surface area contributed by atoms with Crippen molar-refractivity contribution in [2.45, 2.75) is 26.4 Å². The number of rotatable bonds is 2. The average molecular weight is 243 g/mol. The van der Waals surface area contributed by atoms with E-state index in [4.69, 9.17) is 0 Å². The molecule has 0 aliphatic rings. The van der Waals surface area contributed by atoms with Crippen molar-refractivity contribution in [2.24, 2.45) is 5.92 Å². The molecule has 0 aromatic heterocycles. The maximum atomic E-state index is 10.1. The topological polar surface area (TPSA) is 20.2 Å². The van der Waals surface area contributed by atoms with Crippen LogP contribution in [0.25, 0.3) is 0 Å². The molecule has 1 rings (SSSR count). The van der Waals surface area contributed by atoms with Gasteiger partial charge in [0.1, 0.15) is 0 Å². The van der Waals surface area contributed by atoms with E-state index < -0.39 is 5.60 Å². The van der Waals surface area contributed by atoms with Crippen molar-refractivity contribution in [1.82, 2.24) is 0 Å². The van der Waals surface area contributed by atoms with Crippen LogP contribution in [0, 0.1) is 5.92 Å². The first-order valence-corrected chi connectivity index (χ1v) is 5.22. The zero-order valence-corrected chi connectivity index (χ0v) is 9.80. The quantitative estimate of drug-likeness (QED) is 0.844. The highest BCUT2D eigenvalue weighted by Gasteiger charge is 2.26. The highest BCUT2D eigenvalue weighted by atomic mass is 79.9. The van der Waals surface area contributed by atoms with E-state index in [0.717, 1.165) is 10.0 Å². The van der Waals surface area contributed by atoms with Gasteiger partial charge in [-0.1, -0.05) is 41.9 Å². The smallest absolute Gasteiger partial charge is 0.0891 e. The largest absolute Gasteiger partial charge is 0.385 e. The minimum absolute atomic E-state index is 0.216. The Kier molecular flexibility index (Phi) is 3.14. The fourth-order valence-electron chi connectivity index (χ4n) is 1.12. The van der Waals surface area contributed by atoms with Crippen LogP contribution < -0.4 is 0 Å². The second kappa shape index (κ2) is 3.81. The molecule has 0 fully saturated rings. The predicted molar refractivity (Wildman–Crippen MR) is 58.6 cm³/mol. The van der Waals surface area contributed by atoms with Gasteiger partial charge in [0.05, 0.1) is 5.60 Å². The SMILES string of the molecule is CC(C)[C@@](C)(O)c1ccc(Br)cc1. The van der Waals surface area contributed by atoms with Gasteiger partial charge in [0.2, 0.25) is 0 Å². The van der Waals surface area contributed by atoms with Crippen molar-refractivity contribution < 1.29 is 5.11 Å². The van der Waals surface area contributed by atoms with Gasteiger partial charge < -0.3 is 5.11 Å². The van der Waals surface area contributed by atoms with Crippen molar-refractivity contribution in [3.05, 3.63) is 34.3 Å². The summed E-state index contributed by atoms with van der Waals surface area (Å²) >= 11 is 3.37. The molecular formula is C11H15BrO. The standard InChI is InChI=1S/C11H15BrO/c1-8(2)11(3,13)9-4-6-10(12)7-5-9/h4-8,13H,1-3H3/t11-/m1/s1. The minimum atomic E-state index is -0.735. The molecule has 0 aliphatic heterocycles. The number of aliphatic hydroxyl groups is 1. The predicted octanol–water partition coefficient (Wildman–Crippen LogP) is 3.31. The van der Waals surface area contributed by atoms with Crippen LogP contribution in [-0.4, -0.2) is 5.11 Å². The summed E-state index contributed by atoms with van der Waals surface area (Å²) in [7, 11) is 0. The van der Waals surface area contributed by atoms with E-state index >= 15 is 0 Å². The zero-order chi connectivity index (χ0) is 10.1. The first-order valence-electron chi connectivity index (χ1n) is 4.43. The Morgan fingerprint density at radius 3 is 2.08 bits per heavy atom. The third-order valence-corrected chi connectivity index (χ3v) is 3.08. The van der Waals surface area contributed by atoms with Crippen LogP contribution >= 0.6 is 15.9 Å². The molecule has 0 heterocycles. The summed E-state index contributed by atoms with van der Waals surface area (Å²) in [5.41, 5.74) is 0.228. The number of hydrogen-bond acceptors (Lipinski definition) is 1. The summed E-state index contributed by atoms with van der Waals surface area (Å²) in [5.74, 6) is 0.216. The first-order chi connectivity index (χ1) is 5.94. The zero-order valence-electron chi connectivity index (χ0n) is 8.21. The molecule has 0 radical (unpaired) electrons. The summed E-state index contributed by atoms with van der Waals surface area (Å²) < 4.78 is 1.04. The fourth-order valence-corrected chi connectivity index (χ4v) is 1.38. The summed E-state index contributed by atoms with van der Waals surface area (Å²) in [6.07, 6.45) is 0. The van der Waals surface area contributed by atoms with E-state index in [1.54, 1.807) is 0 Å². The Hall–Kier alpha value is -0.340. The second-order valence-electron chi connectivity index (χ2n) is 3.81. The fraction of sp³-hybridized carbons (Fsp3) is 0.455. The van der Waals surface area contributed by atoms with Crippen LogP contribution in [0.5, 0.6) is 0 Å². The number of benzene rings is 1. The summed E-state index contributed by atoms with van der Waals surface area (Å²) in [5, 5.41) is 10.1. The summed E-state index contributed by atoms with van der Waals surface area (Å²) in [6.45, 7) is 5.88. The number of halogens is 1. The molecular weight excluding hydrogens is 228 g/mol. The highest BCUT2D eigenvalue weighted by molar-refractivity contribution is 9.10. The Bertz CT molecular complexity index is 275. The highest BCUT2D eigenvalue weighted by Crippen LogP contribution is 2.29. The normalized spacial score (nSPS) is 15.8. The molecule has 13 heavy (non-hydrogen) atoms. The van der Waals surface area contributed by atoms with Crippen molar-refractivity contribution in [2.75, 3.05) is 0 Å². The first kappa shape index (κ1) is 10.7. The van der Waals surface area contributed by atoms with E-state index in [9.17, 15) is 5.11 Å². The molecule has 0 amide bonds. The van der Waals surface area contributed by atoms with Gasteiger partial charge in [0, 0.05) is 4.47 Å². The molecule has 0 aliphatic carbocycles. The van der Waals surface area contributed by atoms with E-state index in [-0.39, 0.29) is 5.92 Å². The second-order valence-corrected chi connectivity index (χ2v) is 4.72. The molecule has 1 aromatic carbocycles. The van der Waals surface area contributed by atoms with Crippen LogP contribution in [0.15, 0.2) is 28.7 Å². The third-order valence-electron chi connectivity index (χ3n) is 2.55. The van der Waals surface area contributed by atoms with Crippen LogP contribution in [0.4, 0.5) is 0 Å². The van der Waals surface area contributed by atoms with Gasteiger partial charge in [-0.05, 0) is 30.5 Å². The lowest BCUT2D eigenvalue weighted by Gasteiger charge is -2.28. The van der Waals surface area contributed by atoms with E-state index in [1.165, 1.54) is 0 Å². The molecule has 1 atom stereocenters. The lowest BCUT2D eigenvalue weighted by atomic mass is 9.85. The molecule has 0 spiro atoms. The van der Waals surface area contributed by atoms with Crippen molar-refractivity contribution >= 4 is 15.9 Å². The van der Waals surface area contributed by atoms with Crippen molar-refractivity contribution in [3.63, 3.8) is 0 Å². The molecule has 0 bridgehead atoms. The maximum Gasteiger partial charge on any atom is 0.0891 e. The molecule has 0 saturated carbocycles.